The van der Waals surface area contributed by atoms with Crippen LogP contribution in [0.3, 0.4) is 0 Å². The number of amides is 1. The van der Waals surface area contributed by atoms with E-state index in [1.165, 1.54) is 0 Å². The monoisotopic (exact) mass is 296 g/mol. The Morgan fingerprint density at radius 1 is 1.45 bits per heavy atom. The standard InChI is InChI=1S/C15H21ClN2O2/c1-15(7-2-8-17-10-15)11-18-14(19)9-20-13-5-3-12(16)4-6-13/h3-6,17H,2,7-11H2,1H3,(H,18,19). The van der Waals surface area contributed by atoms with E-state index in [-0.39, 0.29) is 17.9 Å². The second-order valence-corrected chi connectivity index (χ2v) is 6.05. The van der Waals surface area contributed by atoms with E-state index >= 15 is 0 Å². The molecule has 0 aromatic heterocycles. The number of halogens is 1. The molecular weight excluding hydrogens is 276 g/mol. The van der Waals surface area contributed by atoms with Gasteiger partial charge in [0.2, 0.25) is 0 Å². The molecule has 110 valence electrons. The van der Waals surface area contributed by atoms with Crippen LogP contribution in [0.5, 0.6) is 5.75 Å². The van der Waals surface area contributed by atoms with Gasteiger partial charge in [0.15, 0.2) is 6.61 Å². The average molecular weight is 297 g/mol. The van der Waals surface area contributed by atoms with Crippen LogP contribution in [-0.2, 0) is 4.79 Å². The van der Waals surface area contributed by atoms with Gasteiger partial charge in [-0.25, -0.2) is 0 Å². The van der Waals surface area contributed by atoms with Gasteiger partial charge in [-0.1, -0.05) is 18.5 Å². The molecule has 1 aromatic carbocycles. The first-order chi connectivity index (χ1) is 9.57. The number of nitrogens with one attached hydrogen (secondary N) is 2. The maximum atomic E-state index is 11.8. The Morgan fingerprint density at radius 3 is 2.85 bits per heavy atom. The summed E-state index contributed by atoms with van der Waals surface area (Å²) in [5.41, 5.74) is 0.147. The molecular formula is C15H21ClN2O2. The normalized spacial score (nSPS) is 22.3. The van der Waals surface area contributed by atoms with Crippen molar-refractivity contribution in [1.82, 2.24) is 10.6 Å². The Kier molecular flexibility index (Phi) is 5.26. The predicted molar refractivity (Wildman–Crippen MR) is 80.2 cm³/mol. The van der Waals surface area contributed by atoms with Crippen LogP contribution in [0.25, 0.3) is 0 Å². The Bertz CT molecular complexity index is 442. The maximum Gasteiger partial charge on any atom is 0.257 e. The van der Waals surface area contributed by atoms with Gasteiger partial charge in [-0.15, -0.1) is 0 Å². The molecule has 1 amide bonds. The van der Waals surface area contributed by atoms with Gasteiger partial charge in [-0.3, -0.25) is 4.79 Å². The minimum atomic E-state index is -0.0910. The molecule has 0 spiro atoms. The van der Waals surface area contributed by atoms with E-state index in [1.54, 1.807) is 24.3 Å². The lowest BCUT2D eigenvalue weighted by Crippen LogP contribution is -2.46. The van der Waals surface area contributed by atoms with Crippen molar-refractivity contribution in [2.45, 2.75) is 19.8 Å². The molecule has 0 radical (unpaired) electrons. The first kappa shape index (κ1) is 15.1. The summed E-state index contributed by atoms with van der Waals surface area (Å²) < 4.78 is 5.41. The fraction of sp³-hybridized carbons (Fsp3) is 0.533. The fourth-order valence-electron chi connectivity index (χ4n) is 2.31. The molecule has 1 unspecified atom stereocenters. The van der Waals surface area contributed by atoms with Crippen LogP contribution >= 0.6 is 11.6 Å². The second kappa shape index (κ2) is 6.95. The minimum Gasteiger partial charge on any atom is -0.484 e. The highest BCUT2D eigenvalue weighted by Gasteiger charge is 2.26. The number of carbonyl (C=O) groups excluding carboxylic acids is 1. The number of carbonyl (C=O) groups is 1. The number of hydrogen-bond donors (Lipinski definition) is 2. The zero-order valence-electron chi connectivity index (χ0n) is 11.7. The van der Waals surface area contributed by atoms with E-state index in [4.69, 9.17) is 16.3 Å². The van der Waals surface area contributed by atoms with E-state index in [2.05, 4.69) is 17.6 Å². The van der Waals surface area contributed by atoms with Crippen molar-refractivity contribution >= 4 is 17.5 Å². The maximum absolute atomic E-state index is 11.8. The fourth-order valence-corrected chi connectivity index (χ4v) is 2.44. The van der Waals surface area contributed by atoms with Crippen molar-refractivity contribution in [3.63, 3.8) is 0 Å². The summed E-state index contributed by atoms with van der Waals surface area (Å²) in [4.78, 5) is 11.8. The van der Waals surface area contributed by atoms with Crippen molar-refractivity contribution in [3.05, 3.63) is 29.3 Å². The Balaban J connectivity index is 1.71. The molecule has 0 aliphatic carbocycles. The summed E-state index contributed by atoms with van der Waals surface area (Å²) in [6.45, 7) is 4.93. The molecule has 1 aliphatic rings. The van der Waals surface area contributed by atoms with Gasteiger partial charge >= 0.3 is 0 Å². The van der Waals surface area contributed by atoms with Crippen molar-refractivity contribution in [2.24, 2.45) is 5.41 Å². The van der Waals surface area contributed by atoms with Crippen LogP contribution < -0.4 is 15.4 Å². The average Bonchev–Trinajstić information content (AvgIpc) is 2.45. The summed E-state index contributed by atoms with van der Waals surface area (Å²) in [7, 11) is 0. The van der Waals surface area contributed by atoms with E-state index in [1.807, 2.05) is 0 Å². The third-order valence-electron chi connectivity index (χ3n) is 3.58. The van der Waals surface area contributed by atoms with Gasteiger partial charge in [-0.2, -0.15) is 0 Å². The molecule has 4 nitrogen and oxygen atoms in total. The summed E-state index contributed by atoms with van der Waals surface area (Å²) in [5.74, 6) is 0.557. The quantitative estimate of drug-likeness (QED) is 0.876. The molecule has 0 saturated carbocycles. The van der Waals surface area contributed by atoms with Crippen LogP contribution in [0.15, 0.2) is 24.3 Å². The molecule has 1 fully saturated rings. The van der Waals surface area contributed by atoms with Gasteiger partial charge < -0.3 is 15.4 Å². The minimum absolute atomic E-state index is 0.0329. The molecule has 5 heteroatoms. The van der Waals surface area contributed by atoms with Gasteiger partial charge in [0, 0.05) is 18.1 Å². The SMILES string of the molecule is CC1(CNC(=O)COc2ccc(Cl)cc2)CCCNC1. The summed E-state index contributed by atoms with van der Waals surface area (Å²) in [6.07, 6.45) is 2.30. The predicted octanol–water partition coefficient (Wildman–Crippen LogP) is 2.22. The first-order valence-electron chi connectivity index (χ1n) is 6.93. The zero-order valence-corrected chi connectivity index (χ0v) is 12.5. The van der Waals surface area contributed by atoms with Crippen molar-refractivity contribution < 1.29 is 9.53 Å². The number of piperidine rings is 1. The van der Waals surface area contributed by atoms with Crippen LogP contribution in [-0.4, -0.2) is 32.1 Å². The number of rotatable bonds is 5. The number of ether oxygens (including phenoxy) is 1. The molecule has 2 N–H and O–H groups in total. The largest absolute Gasteiger partial charge is 0.484 e. The van der Waals surface area contributed by atoms with Gasteiger partial charge in [0.25, 0.3) is 5.91 Å². The van der Waals surface area contributed by atoms with E-state index in [9.17, 15) is 4.79 Å². The second-order valence-electron chi connectivity index (χ2n) is 5.61. The Labute approximate surface area is 124 Å². The first-order valence-corrected chi connectivity index (χ1v) is 7.31. The molecule has 1 atom stereocenters. The van der Waals surface area contributed by atoms with Crippen molar-refractivity contribution in [2.75, 3.05) is 26.2 Å². The van der Waals surface area contributed by atoms with E-state index in [0.717, 1.165) is 25.9 Å². The van der Waals surface area contributed by atoms with Crippen LogP contribution in [0.1, 0.15) is 19.8 Å². The zero-order chi connectivity index (χ0) is 14.4. The van der Waals surface area contributed by atoms with Gasteiger partial charge in [0.05, 0.1) is 0 Å². The van der Waals surface area contributed by atoms with Crippen molar-refractivity contribution in [1.29, 1.82) is 0 Å². The third-order valence-corrected chi connectivity index (χ3v) is 3.83. The molecule has 0 bridgehead atoms. The highest BCUT2D eigenvalue weighted by atomic mass is 35.5. The molecule has 1 aliphatic heterocycles. The number of hydrogen-bond acceptors (Lipinski definition) is 3. The summed E-state index contributed by atoms with van der Waals surface area (Å²) >= 11 is 5.78. The topological polar surface area (TPSA) is 50.4 Å². The van der Waals surface area contributed by atoms with Crippen molar-refractivity contribution in [3.8, 4) is 5.75 Å². The molecule has 1 heterocycles. The van der Waals surface area contributed by atoms with E-state index in [0.29, 0.717) is 17.3 Å². The lowest BCUT2D eigenvalue weighted by atomic mass is 9.83. The smallest absolute Gasteiger partial charge is 0.257 e. The third kappa shape index (κ3) is 4.69. The Morgan fingerprint density at radius 2 is 2.20 bits per heavy atom. The molecule has 1 aromatic rings. The highest BCUT2D eigenvalue weighted by Crippen LogP contribution is 2.24. The molecule has 1 saturated heterocycles. The number of benzene rings is 1. The van der Waals surface area contributed by atoms with E-state index < -0.39 is 0 Å². The van der Waals surface area contributed by atoms with Gasteiger partial charge in [0.1, 0.15) is 5.75 Å². The highest BCUT2D eigenvalue weighted by molar-refractivity contribution is 6.30. The molecule has 2 rings (SSSR count). The summed E-state index contributed by atoms with van der Waals surface area (Å²) in [5, 5.41) is 6.96. The molecule has 20 heavy (non-hydrogen) atoms. The van der Waals surface area contributed by atoms with Crippen LogP contribution in [0.2, 0.25) is 5.02 Å². The van der Waals surface area contributed by atoms with Crippen LogP contribution in [0.4, 0.5) is 0 Å². The Hall–Kier alpha value is -1.26. The van der Waals surface area contributed by atoms with Gasteiger partial charge in [-0.05, 0) is 49.1 Å². The van der Waals surface area contributed by atoms with Crippen LogP contribution in [0, 0.1) is 5.41 Å². The lowest BCUT2D eigenvalue weighted by Gasteiger charge is -2.34. The lowest BCUT2D eigenvalue weighted by molar-refractivity contribution is -0.123. The summed E-state index contributed by atoms with van der Waals surface area (Å²) in [6, 6.07) is 6.98.